The summed E-state index contributed by atoms with van der Waals surface area (Å²) < 4.78 is 4.56. The number of aliphatic hydroxyl groups is 1. The topological polar surface area (TPSA) is 46.5 Å². The van der Waals surface area contributed by atoms with Crippen molar-refractivity contribution in [1.82, 2.24) is 0 Å². The first-order valence-electron chi connectivity index (χ1n) is 5.08. The number of rotatable bonds is 5. The Kier molecular flexibility index (Phi) is 6.78. The zero-order chi connectivity index (χ0) is 12.5. The summed E-state index contributed by atoms with van der Waals surface area (Å²) in [7, 11) is 1.39. The molecule has 0 amide bonds. The molecule has 92 valence electrons. The van der Waals surface area contributed by atoms with Crippen LogP contribution < -0.4 is 0 Å². The lowest BCUT2D eigenvalue weighted by atomic mass is 10.3. The maximum Gasteiger partial charge on any atom is 0.315 e. The van der Waals surface area contributed by atoms with Crippen LogP contribution in [0.15, 0.2) is 11.4 Å². The summed E-state index contributed by atoms with van der Waals surface area (Å²) in [5.41, 5.74) is 0.970. The van der Waals surface area contributed by atoms with Gasteiger partial charge in [-0.2, -0.15) is 0 Å². The van der Waals surface area contributed by atoms with Gasteiger partial charge in [-0.15, -0.1) is 23.1 Å². The van der Waals surface area contributed by atoms with Crippen molar-refractivity contribution in [3.05, 3.63) is 21.9 Å². The number of ether oxygens (including phenoxy) is 1. The van der Waals surface area contributed by atoms with E-state index in [0.29, 0.717) is 12.2 Å². The summed E-state index contributed by atoms with van der Waals surface area (Å²) in [6, 6.07) is 2.01. The monoisotopic (exact) mass is 270 g/mol. The van der Waals surface area contributed by atoms with Gasteiger partial charge in [0.2, 0.25) is 0 Å². The van der Waals surface area contributed by atoms with Crippen molar-refractivity contribution in [2.75, 3.05) is 19.5 Å². The van der Waals surface area contributed by atoms with E-state index in [1.54, 1.807) is 11.3 Å². The molecule has 0 radical (unpaired) electrons. The largest absolute Gasteiger partial charge is 0.468 e. The van der Waals surface area contributed by atoms with Crippen LogP contribution in [0.5, 0.6) is 0 Å². The molecule has 0 saturated carbocycles. The number of esters is 1. The Labute approximate surface area is 109 Å². The lowest BCUT2D eigenvalue weighted by Gasteiger charge is -1.97. The minimum absolute atomic E-state index is 0.0962. The highest BCUT2D eigenvalue weighted by Gasteiger charge is 2.02. The molecular formula is C12H14O3S2. The molecule has 0 aliphatic heterocycles. The SMILES string of the molecule is COC(=O)CSCc1cc(C#CCCO)cs1. The molecule has 0 saturated heterocycles. The number of hydrogen-bond donors (Lipinski definition) is 1. The van der Waals surface area contributed by atoms with Gasteiger partial charge < -0.3 is 9.84 Å². The Morgan fingerprint density at radius 2 is 2.47 bits per heavy atom. The quantitative estimate of drug-likeness (QED) is 0.655. The van der Waals surface area contributed by atoms with Crippen LogP contribution in [-0.2, 0) is 15.3 Å². The third-order valence-corrected chi connectivity index (χ3v) is 3.89. The van der Waals surface area contributed by atoms with Crippen molar-refractivity contribution in [2.45, 2.75) is 12.2 Å². The Morgan fingerprint density at radius 1 is 1.65 bits per heavy atom. The normalized spacial score (nSPS) is 9.53. The zero-order valence-electron chi connectivity index (χ0n) is 9.56. The van der Waals surface area contributed by atoms with E-state index in [1.807, 2.05) is 11.4 Å². The summed E-state index contributed by atoms with van der Waals surface area (Å²) in [4.78, 5) is 12.1. The summed E-state index contributed by atoms with van der Waals surface area (Å²) >= 11 is 3.16. The molecule has 1 N–H and O–H groups in total. The van der Waals surface area contributed by atoms with E-state index in [2.05, 4.69) is 16.6 Å². The van der Waals surface area contributed by atoms with Gasteiger partial charge in [0.05, 0.1) is 19.5 Å². The summed E-state index contributed by atoms with van der Waals surface area (Å²) in [5.74, 6) is 6.82. The zero-order valence-corrected chi connectivity index (χ0v) is 11.2. The lowest BCUT2D eigenvalue weighted by molar-refractivity contribution is -0.137. The number of thioether (sulfide) groups is 1. The highest BCUT2D eigenvalue weighted by Crippen LogP contribution is 2.20. The van der Waals surface area contributed by atoms with Crippen molar-refractivity contribution < 1.29 is 14.6 Å². The number of thiophene rings is 1. The van der Waals surface area contributed by atoms with E-state index in [0.717, 1.165) is 11.3 Å². The molecular weight excluding hydrogens is 256 g/mol. The second kappa shape index (κ2) is 8.18. The van der Waals surface area contributed by atoms with Gasteiger partial charge >= 0.3 is 5.97 Å². The van der Waals surface area contributed by atoms with Crippen molar-refractivity contribution in [3.63, 3.8) is 0 Å². The molecule has 0 atom stereocenters. The third kappa shape index (κ3) is 5.78. The fraction of sp³-hybridized carbons (Fsp3) is 0.417. The van der Waals surface area contributed by atoms with E-state index in [9.17, 15) is 4.79 Å². The summed E-state index contributed by atoms with van der Waals surface area (Å²) in [6.45, 7) is 0.0962. The third-order valence-electron chi connectivity index (χ3n) is 1.82. The predicted octanol–water partition coefficient (Wildman–Crippen LogP) is 1.89. The van der Waals surface area contributed by atoms with E-state index in [4.69, 9.17) is 5.11 Å². The van der Waals surface area contributed by atoms with Crippen LogP contribution in [-0.4, -0.2) is 30.5 Å². The molecule has 0 unspecified atom stereocenters. The molecule has 5 heteroatoms. The van der Waals surface area contributed by atoms with Gasteiger partial charge in [0, 0.05) is 28.0 Å². The maximum absolute atomic E-state index is 10.9. The fourth-order valence-electron chi connectivity index (χ4n) is 1.04. The molecule has 0 fully saturated rings. The average molecular weight is 270 g/mol. The van der Waals surface area contributed by atoms with Crippen molar-refractivity contribution in [2.24, 2.45) is 0 Å². The van der Waals surface area contributed by atoms with Crippen LogP contribution in [0.4, 0.5) is 0 Å². The van der Waals surface area contributed by atoms with Crippen LogP contribution in [0.2, 0.25) is 0 Å². The molecule has 1 heterocycles. The molecule has 1 rings (SSSR count). The molecule has 3 nitrogen and oxygen atoms in total. The molecule has 0 aliphatic carbocycles. The predicted molar refractivity (Wildman–Crippen MR) is 71.1 cm³/mol. The van der Waals surface area contributed by atoms with E-state index in [-0.39, 0.29) is 12.6 Å². The van der Waals surface area contributed by atoms with Crippen LogP contribution in [0.3, 0.4) is 0 Å². The maximum atomic E-state index is 10.9. The highest BCUT2D eigenvalue weighted by molar-refractivity contribution is 7.99. The van der Waals surface area contributed by atoms with Crippen molar-refractivity contribution in [1.29, 1.82) is 0 Å². The first-order chi connectivity index (χ1) is 8.26. The molecule has 1 aromatic heterocycles. The lowest BCUT2D eigenvalue weighted by Crippen LogP contribution is -2.02. The fourth-order valence-corrected chi connectivity index (χ4v) is 2.83. The number of carbonyl (C=O) groups excluding carboxylic acids is 1. The van der Waals surface area contributed by atoms with Crippen LogP contribution in [0.1, 0.15) is 16.9 Å². The Bertz CT molecular complexity index is 415. The van der Waals surface area contributed by atoms with Crippen molar-refractivity contribution >= 4 is 29.1 Å². The Balaban J connectivity index is 2.36. The van der Waals surface area contributed by atoms with Gasteiger partial charge in [-0.3, -0.25) is 4.79 Å². The molecule has 0 aromatic carbocycles. The molecule has 0 bridgehead atoms. The molecule has 0 spiro atoms. The van der Waals surface area contributed by atoms with E-state index >= 15 is 0 Å². The van der Waals surface area contributed by atoms with Crippen LogP contribution in [0.25, 0.3) is 0 Å². The van der Waals surface area contributed by atoms with Crippen LogP contribution in [0, 0.1) is 11.8 Å². The van der Waals surface area contributed by atoms with Gasteiger partial charge in [0.15, 0.2) is 0 Å². The standard InChI is InChI=1S/C12H14O3S2/c1-15-12(14)9-16-8-11-6-10(7-17-11)4-2-3-5-13/h6-7,13H,3,5,8-9H2,1H3. The van der Waals surface area contributed by atoms with Crippen molar-refractivity contribution in [3.8, 4) is 11.8 Å². The number of carbonyl (C=O) groups is 1. The van der Waals surface area contributed by atoms with E-state index in [1.165, 1.54) is 23.7 Å². The van der Waals surface area contributed by atoms with E-state index < -0.39 is 0 Å². The van der Waals surface area contributed by atoms with Gasteiger partial charge in [-0.25, -0.2) is 0 Å². The number of hydrogen-bond acceptors (Lipinski definition) is 5. The Hall–Kier alpha value is -0.960. The summed E-state index contributed by atoms with van der Waals surface area (Å²) in [6.07, 6.45) is 0.502. The van der Waals surface area contributed by atoms with Gasteiger partial charge in [0.25, 0.3) is 0 Å². The van der Waals surface area contributed by atoms with Gasteiger partial charge in [-0.1, -0.05) is 11.8 Å². The minimum Gasteiger partial charge on any atom is -0.468 e. The first kappa shape index (κ1) is 14.1. The number of methoxy groups -OCH3 is 1. The smallest absolute Gasteiger partial charge is 0.315 e. The molecule has 17 heavy (non-hydrogen) atoms. The van der Waals surface area contributed by atoms with Crippen LogP contribution >= 0.6 is 23.1 Å². The Morgan fingerprint density at radius 3 is 3.18 bits per heavy atom. The van der Waals surface area contributed by atoms with Gasteiger partial charge in [-0.05, 0) is 6.07 Å². The second-order valence-corrected chi connectivity index (χ2v) is 5.13. The molecule has 0 aliphatic rings. The minimum atomic E-state index is -0.200. The van der Waals surface area contributed by atoms with Gasteiger partial charge in [0.1, 0.15) is 0 Å². The first-order valence-corrected chi connectivity index (χ1v) is 7.11. The molecule has 1 aromatic rings. The number of aliphatic hydroxyl groups excluding tert-OH is 1. The second-order valence-electron chi connectivity index (χ2n) is 3.15. The average Bonchev–Trinajstić information content (AvgIpc) is 2.77. The highest BCUT2D eigenvalue weighted by atomic mass is 32.2. The summed E-state index contributed by atoms with van der Waals surface area (Å²) in [5, 5.41) is 10.6.